The maximum absolute atomic E-state index is 13.3. The maximum atomic E-state index is 13.3. The molecule has 108 valence electrons. The van der Waals surface area contributed by atoms with Crippen LogP contribution in [0.3, 0.4) is 0 Å². The quantitative estimate of drug-likeness (QED) is 0.793. The van der Waals surface area contributed by atoms with E-state index in [1.165, 1.54) is 12.1 Å². The number of hydrogen-bond acceptors (Lipinski definition) is 3. The molecule has 3 aromatic rings. The fourth-order valence-corrected chi connectivity index (χ4v) is 2.50. The second-order valence-electron chi connectivity index (χ2n) is 4.99. The van der Waals surface area contributed by atoms with Crippen molar-refractivity contribution in [1.29, 1.82) is 0 Å². The number of benzene rings is 2. The number of hydrogen-bond donors (Lipinski definition) is 1. The normalized spacial score (nSPS) is 12.6. The van der Waals surface area contributed by atoms with E-state index in [0.29, 0.717) is 11.3 Å². The third kappa shape index (κ3) is 2.38. The van der Waals surface area contributed by atoms with Gasteiger partial charge in [0, 0.05) is 17.0 Å². The van der Waals surface area contributed by atoms with E-state index in [4.69, 9.17) is 14.9 Å². The molecule has 2 aromatic carbocycles. The molecule has 0 fully saturated rings. The zero-order chi connectivity index (χ0) is 15.0. The number of aryl methyl sites for hydroxylation is 1. The molecule has 0 saturated heterocycles. The molecule has 0 radical (unpaired) electrons. The molecule has 0 aliphatic carbocycles. The lowest BCUT2D eigenvalue weighted by Gasteiger charge is -2.11. The van der Waals surface area contributed by atoms with Crippen LogP contribution in [0.4, 0.5) is 4.39 Å². The van der Waals surface area contributed by atoms with Crippen LogP contribution in [0.25, 0.3) is 11.0 Å². The van der Waals surface area contributed by atoms with Crippen LogP contribution in [-0.2, 0) is 0 Å². The lowest BCUT2D eigenvalue weighted by atomic mass is 10.0. The first kappa shape index (κ1) is 13.6. The summed E-state index contributed by atoms with van der Waals surface area (Å²) in [6, 6.07) is 11.6. The van der Waals surface area contributed by atoms with Crippen LogP contribution < -0.4 is 10.5 Å². The third-order valence-electron chi connectivity index (χ3n) is 3.67. The summed E-state index contributed by atoms with van der Waals surface area (Å²) in [4.78, 5) is 0. The fourth-order valence-electron chi connectivity index (χ4n) is 2.50. The first-order valence-corrected chi connectivity index (χ1v) is 6.68. The van der Waals surface area contributed by atoms with Crippen LogP contribution in [-0.4, -0.2) is 7.11 Å². The van der Waals surface area contributed by atoms with Crippen molar-refractivity contribution in [2.45, 2.75) is 13.0 Å². The smallest absolute Gasteiger partial charge is 0.137 e. The Bertz CT molecular complexity index is 795. The van der Waals surface area contributed by atoms with Gasteiger partial charge in [-0.1, -0.05) is 12.1 Å². The zero-order valence-corrected chi connectivity index (χ0v) is 11.9. The molecule has 0 bridgehead atoms. The Morgan fingerprint density at radius 3 is 2.76 bits per heavy atom. The van der Waals surface area contributed by atoms with Crippen molar-refractivity contribution in [1.82, 2.24) is 0 Å². The van der Waals surface area contributed by atoms with Gasteiger partial charge >= 0.3 is 0 Å². The number of fused-ring (bicyclic) bond motifs is 1. The highest BCUT2D eigenvalue weighted by Gasteiger charge is 2.19. The van der Waals surface area contributed by atoms with Crippen LogP contribution in [0.2, 0.25) is 0 Å². The number of furan rings is 1. The van der Waals surface area contributed by atoms with E-state index in [9.17, 15) is 4.39 Å². The van der Waals surface area contributed by atoms with Crippen LogP contribution in [0.15, 0.2) is 46.9 Å². The van der Waals surface area contributed by atoms with E-state index >= 15 is 0 Å². The van der Waals surface area contributed by atoms with Gasteiger partial charge < -0.3 is 14.9 Å². The maximum Gasteiger partial charge on any atom is 0.137 e. The van der Waals surface area contributed by atoms with Crippen molar-refractivity contribution in [2.24, 2.45) is 5.73 Å². The van der Waals surface area contributed by atoms with Crippen molar-refractivity contribution in [2.75, 3.05) is 7.11 Å². The monoisotopic (exact) mass is 285 g/mol. The standard InChI is InChI=1S/C17H16FNO2/c1-10-14-7-6-12(18)9-15(14)21-17(10)16(19)11-4-3-5-13(8-11)20-2/h3-9,16H,19H2,1-2H3. The number of rotatable bonds is 3. The van der Waals surface area contributed by atoms with Gasteiger partial charge in [0.05, 0.1) is 13.2 Å². The predicted octanol–water partition coefficient (Wildman–Crippen LogP) is 3.94. The summed E-state index contributed by atoms with van der Waals surface area (Å²) in [5, 5.41) is 0.879. The highest BCUT2D eigenvalue weighted by atomic mass is 19.1. The molecular formula is C17H16FNO2. The van der Waals surface area contributed by atoms with Gasteiger partial charge in [-0.3, -0.25) is 0 Å². The van der Waals surface area contributed by atoms with Gasteiger partial charge in [0.2, 0.25) is 0 Å². The first-order chi connectivity index (χ1) is 10.1. The Hall–Kier alpha value is -2.33. The Balaban J connectivity index is 2.08. The summed E-state index contributed by atoms with van der Waals surface area (Å²) < 4.78 is 24.3. The van der Waals surface area contributed by atoms with Gasteiger partial charge in [0.25, 0.3) is 0 Å². The van der Waals surface area contributed by atoms with Crippen LogP contribution >= 0.6 is 0 Å². The molecule has 1 atom stereocenters. The molecule has 21 heavy (non-hydrogen) atoms. The van der Waals surface area contributed by atoms with Gasteiger partial charge in [-0.15, -0.1) is 0 Å². The Kier molecular flexibility index (Phi) is 3.39. The molecular weight excluding hydrogens is 269 g/mol. The van der Waals surface area contributed by atoms with Crippen LogP contribution in [0, 0.1) is 12.7 Å². The average Bonchev–Trinajstić information content (AvgIpc) is 2.83. The minimum atomic E-state index is -0.421. The van der Waals surface area contributed by atoms with Crippen LogP contribution in [0.5, 0.6) is 5.75 Å². The molecule has 1 unspecified atom stereocenters. The molecule has 0 aliphatic rings. The molecule has 0 aliphatic heterocycles. The summed E-state index contributed by atoms with van der Waals surface area (Å²) in [6.07, 6.45) is 0. The van der Waals surface area contributed by atoms with Crippen molar-refractivity contribution in [3.8, 4) is 5.75 Å². The van der Waals surface area contributed by atoms with Gasteiger partial charge in [0.1, 0.15) is 22.9 Å². The second kappa shape index (κ2) is 5.22. The third-order valence-corrected chi connectivity index (χ3v) is 3.67. The molecule has 0 amide bonds. The van der Waals surface area contributed by atoms with E-state index in [2.05, 4.69) is 0 Å². The van der Waals surface area contributed by atoms with Gasteiger partial charge in [-0.05, 0) is 36.8 Å². The zero-order valence-electron chi connectivity index (χ0n) is 11.9. The lowest BCUT2D eigenvalue weighted by Crippen LogP contribution is -2.12. The predicted molar refractivity (Wildman–Crippen MR) is 79.9 cm³/mol. The van der Waals surface area contributed by atoms with Gasteiger partial charge in [-0.2, -0.15) is 0 Å². The molecule has 4 heteroatoms. The lowest BCUT2D eigenvalue weighted by molar-refractivity contribution is 0.413. The number of halogens is 1. The topological polar surface area (TPSA) is 48.4 Å². The largest absolute Gasteiger partial charge is 0.497 e. The Morgan fingerprint density at radius 2 is 2.00 bits per heavy atom. The van der Waals surface area contributed by atoms with Crippen molar-refractivity contribution in [3.63, 3.8) is 0 Å². The molecule has 3 rings (SSSR count). The molecule has 0 spiro atoms. The number of ether oxygens (including phenoxy) is 1. The molecule has 2 N–H and O–H groups in total. The van der Waals surface area contributed by atoms with Crippen LogP contribution in [0.1, 0.15) is 22.9 Å². The summed E-state index contributed by atoms with van der Waals surface area (Å²) in [5.41, 5.74) is 8.63. The van der Waals surface area contributed by atoms with Gasteiger partial charge in [-0.25, -0.2) is 4.39 Å². The minimum absolute atomic E-state index is 0.322. The molecule has 0 saturated carbocycles. The highest BCUT2D eigenvalue weighted by Crippen LogP contribution is 2.32. The van der Waals surface area contributed by atoms with Gasteiger partial charge in [0.15, 0.2) is 0 Å². The van der Waals surface area contributed by atoms with E-state index in [1.807, 2.05) is 31.2 Å². The van der Waals surface area contributed by atoms with Crippen molar-refractivity contribution >= 4 is 11.0 Å². The SMILES string of the molecule is COc1cccc(C(N)c2oc3cc(F)ccc3c2C)c1. The van der Waals surface area contributed by atoms with E-state index in [1.54, 1.807) is 13.2 Å². The Labute approximate surface area is 122 Å². The Morgan fingerprint density at radius 1 is 1.19 bits per heavy atom. The fraction of sp³-hybridized carbons (Fsp3) is 0.176. The van der Waals surface area contributed by atoms with E-state index in [-0.39, 0.29) is 5.82 Å². The number of nitrogens with two attached hydrogens (primary N) is 1. The van der Waals surface area contributed by atoms with E-state index < -0.39 is 6.04 Å². The van der Waals surface area contributed by atoms with Crippen molar-refractivity contribution < 1.29 is 13.5 Å². The highest BCUT2D eigenvalue weighted by molar-refractivity contribution is 5.82. The van der Waals surface area contributed by atoms with E-state index in [0.717, 1.165) is 22.3 Å². The summed E-state index contributed by atoms with van der Waals surface area (Å²) >= 11 is 0. The molecule has 3 nitrogen and oxygen atoms in total. The molecule has 1 aromatic heterocycles. The molecule has 1 heterocycles. The summed E-state index contributed by atoms with van der Waals surface area (Å²) in [5.74, 6) is 1.06. The summed E-state index contributed by atoms with van der Waals surface area (Å²) in [7, 11) is 1.61. The number of methoxy groups -OCH3 is 1. The van der Waals surface area contributed by atoms with Crippen molar-refractivity contribution in [3.05, 3.63) is 65.2 Å². The summed E-state index contributed by atoms with van der Waals surface area (Å²) in [6.45, 7) is 1.93. The minimum Gasteiger partial charge on any atom is -0.497 e. The first-order valence-electron chi connectivity index (χ1n) is 6.68. The average molecular weight is 285 g/mol. The second-order valence-corrected chi connectivity index (χ2v) is 4.99.